The SMILES string of the molecule is CCCCCc1cn(C(=O)CC2CCCCC2)c(=O)n1Cc1ccc(-c2ccccc2C(=O)O)cc1. The highest BCUT2D eigenvalue weighted by molar-refractivity contribution is 5.96. The number of carbonyl (C=O) groups is 2. The Kier molecular flexibility index (Phi) is 8.57. The van der Waals surface area contributed by atoms with E-state index in [0.717, 1.165) is 55.3 Å². The summed E-state index contributed by atoms with van der Waals surface area (Å²) >= 11 is 0. The Hall–Kier alpha value is -3.41. The van der Waals surface area contributed by atoms with Crippen molar-refractivity contribution >= 4 is 11.9 Å². The summed E-state index contributed by atoms with van der Waals surface area (Å²) in [5, 5.41) is 9.51. The fraction of sp³-hybridized carbons (Fsp3) is 0.433. The van der Waals surface area contributed by atoms with Gasteiger partial charge in [-0.3, -0.25) is 9.36 Å². The minimum absolute atomic E-state index is 0.0944. The van der Waals surface area contributed by atoms with Crippen molar-refractivity contribution in [1.82, 2.24) is 9.13 Å². The Morgan fingerprint density at radius 1 is 0.972 bits per heavy atom. The van der Waals surface area contributed by atoms with Crippen LogP contribution in [0.2, 0.25) is 0 Å². The maximum absolute atomic E-state index is 13.4. The van der Waals surface area contributed by atoms with E-state index in [2.05, 4.69) is 6.92 Å². The maximum Gasteiger partial charge on any atom is 0.336 e. The molecule has 1 N–H and O–H groups in total. The molecule has 3 aromatic rings. The third kappa shape index (κ3) is 6.04. The number of rotatable bonds is 10. The normalized spacial score (nSPS) is 14.1. The van der Waals surface area contributed by atoms with E-state index >= 15 is 0 Å². The van der Waals surface area contributed by atoms with Gasteiger partial charge < -0.3 is 5.11 Å². The van der Waals surface area contributed by atoms with Gasteiger partial charge in [0.05, 0.1) is 12.1 Å². The Labute approximate surface area is 212 Å². The highest BCUT2D eigenvalue weighted by Gasteiger charge is 2.22. The number of imidazole rings is 1. The lowest BCUT2D eigenvalue weighted by Gasteiger charge is -2.20. The first-order valence-corrected chi connectivity index (χ1v) is 13.2. The summed E-state index contributed by atoms with van der Waals surface area (Å²) in [4.78, 5) is 38.0. The van der Waals surface area contributed by atoms with Gasteiger partial charge in [-0.2, -0.15) is 0 Å². The van der Waals surface area contributed by atoms with Gasteiger partial charge in [0.25, 0.3) is 0 Å². The average molecular weight is 489 g/mol. The Bertz CT molecular complexity index is 1250. The van der Waals surface area contributed by atoms with E-state index in [1.54, 1.807) is 29.0 Å². The molecule has 1 aliphatic rings. The minimum Gasteiger partial charge on any atom is -0.478 e. The van der Waals surface area contributed by atoms with Gasteiger partial charge in [-0.1, -0.05) is 81.5 Å². The number of aryl methyl sites for hydroxylation is 1. The van der Waals surface area contributed by atoms with Crippen LogP contribution in [0.15, 0.2) is 59.5 Å². The quantitative estimate of drug-likeness (QED) is 0.335. The number of nitrogens with zero attached hydrogens (tertiary/aromatic N) is 2. The lowest BCUT2D eigenvalue weighted by molar-refractivity contribution is 0.0697. The smallest absolute Gasteiger partial charge is 0.336 e. The van der Waals surface area contributed by atoms with Crippen LogP contribution in [0.3, 0.4) is 0 Å². The summed E-state index contributed by atoms with van der Waals surface area (Å²) in [5.41, 5.74) is 3.30. The van der Waals surface area contributed by atoms with E-state index in [0.29, 0.717) is 24.4 Å². The van der Waals surface area contributed by atoms with E-state index < -0.39 is 5.97 Å². The van der Waals surface area contributed by atoms with Crippen LogP contribution in [0.5, 0.6) is 0 Å². The molecule has 1 heterocycles. The van der Waals surface area contributed by atoms with Gasteiger partial charge in [-0.25, -0.2) is 14.2 Å². The Morgan fingerprint density at radius 2 is 1.69 bits per heavy atom. The Morgan fingerprint density at radius 3 is 2.39 bits per heavy atom. The van der Waals surface area contributed by atoms with Gasteiger partial charge in [-0.05, 0) is 54.4 Å². The summed E-state index contributed by atoms with van der Waals surface area (Å²) < 4.78 is 3.07. The van der Waals surface area contributed by atoms with Crippen LogP contribution in [0.1, 0.15) is 91.1 Å². The molecule has 0 radical (unpaired) electrons. The summed E-state index contributed by atoms with van der Waals surface area (Å²) in [6, 6.07) is 14.6. The van der Waals surface area contributed by atoms with Gasteiger partial charge in [0.1, 0.15) is 0 Å². The van der Waals surface area contributed by atoms with Gasteiger partial charge in [-0.15, -0.1) is 0 Å². The molecule has 1 saturated carbocycles. The molecule has 6 nitrogen and oxygen atoms in total. The molecule has 0 saturated heterocycles. The van der Waals surface area contributed by atoms with Crippen LogP contribution < -0.4 is 5.69 Å². The van der Waals surface area contributed by atoms with Crippen LogP contribution in [-0.2, 0) is 13.0 Å². The number of unbranched alkanes of at least 4 members (excludes halogenated alkanes) is 2. The second-order valence-electron chi connectivity index (χ2n) is 9.97. The number of hydrogen-bond donors (Lipinski definition) is 1. The van der Waals surface area contributed by atoms with Crippen LogP contribution >= 0.6 is 0 Å². The molecule has 36 heavy (non-hydrogen) atoms. The molecule has 0 amide bonds. The van der Waals surface area contributed by atoms with Crippen molar-refractivity contribution in [1.29, 1.82) is 0 Å². The molecule has 0 aliphatic heterocycles. The number of aromatic carboxylic acids is 1. The molecule has 190 valence electrons. The summed E-state index contributed by atoms with van der Waals surface area (Å²) in [6.45, 7) is 2.53. The summed E-state index contributed by atoms with van der Waals surface area (Å²) in [7, 11) is 0. The molecular weight excluding hydrogens is 452 g/mol. The fourth-order valence-electron chi connectivity index (χ4n) is 5.26. The maximum atomic E-state index is 13.4. The van der Waals surface area contributed by atoms with Crippen molar-refractivity contribution in [3.63, 3.8) is 0 Å². The number of carboxylic acids is 1. The molecule has 1 aliphatic carbocycles. The van der Waals surface area contributed by atoms with E-state index in [1.165, 1.54) is 23.8 Å². The average Bonchev–Trinajstić information content (AvgIpc) is 3.20. The second kappa shape index (κ2) is 12.0. The zero-order chi connectivity index (χ0) is 25.5. The van der Waals surface area contributed by atoms with Gasteiger partial charge in [0, 0.05) is 18.3 Å². The van der Waals surface area contributed by atoms with Crippen molar-refractivity contribution in [3.8, 4) is 11.1 Å². The van der Waals surface area contributed by atoms with Crippen molar-refractivity contribution in [2.45, 2.75) is 77.7 Å². The van der Waals surface area contributed by atoms with E-state index in [-0.39, 0.29) is 17.2 Å². The van der Waals surface area contributed by atoms with Crippen molar-refractivity contribution in [2.75, 3.05) is 0 Å². The standard InChI is InChI=1S/C30H36N2O4/c1-2-3-5-12-25-21-32(28(33)19-22-10-6-4-7-11-22)30(36)31(25)20-23-15-17-24(18-16-23)26-13-8-9-14-27(26)29(34)35/h8-9,13-18,21-22H,2-7,10-12,19-20H2,1H3,(H,34,35). The lowest BCUT2D eigenvalue weighted by Crippen LogP contribution is -2.30. The topological polar surface area (TPSA) is 81.3 Å². The van der Waals surface area contributed by atoms with Gasteiger partial charge >= 0.3 is 11.7 Å². The van der Waals surface area contributed by atoms with E-state index in [4.69, 9.17) is 0 Å². The molecule has 0 spiro atoms. The van der Waals surface area contributed by atoms with Crippen LogP contribution in [0, 0.1) is 5.92 Å². The van der Waals surface area contributed by atoms with Crippen molar-refractivity contribution in [2.24, 2.45) is 5.92 Å². The first-order valence-electron chi connectivity index (χ1n) is 13.2. The Balaban J connectivity index is 1.57. The molecule has 6 heteroatoms. The first kappa shape index (κ1) is 25.7. The predicted molar refractivity (Wildman–Crippen MR) is 142 cm³/mol. The first-order chi connectivity index (χ1) is 17.5. The number of aromatic nitrogens is 2. The third-order valence-electron chi connectivity index (χ3n) is 7.32. The highest BCUT2D eigenvalue weighted by Crippen LogP contribution is 2.27. The zero-order valence-electron chi connectivity index (χ0n) is 21.1. The molecule has 0 atom stereocenters. The van der Waals surface area contributed by atoms with Gasteiger partial charge in [0.15, 0.2) is 0 Å². The predicted octanol–water partition coefficient (Wildman–Crippen LogP) is 6.41. The fourth-order valence-corrected chi connectivity index (χ4v) is 5.26. The number of benzene rings is 2. The van der Waals surface area contributed by atoms with E-state index in [9.17, 15) is 19.5 Å². The van der Waals surface area contributed by atoms with Crippen LogP contribution in [-0.4, -0.2) is 26.1 Å². The minimum atomic E-state index is -0.961. The number of carbonyl (C=O) groups excluding carboxylic acids is 1. The molecule has 4 rings (SSSR count). The molecule has 0 unspecified atom stereocenters. The monoisotopic (exact) mass is 488 g/mol. The molecule has 1 fully saturated rings. The number of hydrogen-bond acceptors (Lipinski definition) is 3. The van der Waals surface area contributed by atoms with Crippen LogP contribution in [0.4, 0.5) is 0 Å². The van der Waals surface area contributed by atoms with Gasteiger partial charge in [0.2, 0.25) is 5.91 Å². The molecule has 1 aromatic heterocycles. The number of carboxylic acid groups (broad SMARTS) is 1. The lowest BCUT2D eigenvalue weighted by atomic mass is 9.87. The largest absolute Gasteiger partial charge is 0.478 e. The molecular formula is C30H36N2O4. The molecule has 2 aromatic carbocycles. The molecule has 0 bridgehead atoms. The summed E-state index contributed by atoms with van der Waals surface area (Å²) in [6.07, 6.45) is 11.8. The summed E-state index contributed by atoms with van der Waals surface area (Å²) in [5.74, 6) is -0.675. The third-order valence-corrected chi connectivity index (χ3v) is 7.32. The van der Waals surface area contributed by atoms with Crippen molar-refractivity contribution < 1.29 is 14.7 Å². The van der Waals surface area contributed by atoms with Crippen molar-refractivity contribution in [3.05, 3.63) is 82.0 Å². The van der Waals surface area contributed by atoms with Crippen LogP contribution in [0.25, 0.3) is 11.1 Å². The highest BCUT2D eigenvalue weighted by atomic mass is 16.4. The second-order valence-corrected chi connectivity index (χ2v) is 9.97. The zero-order valence-corrected chi connectivity index (χ0v) is 21.1. The van der Waals surface area contributed by atoms with E-state index in [1.807, 2.05) is 30.3 Å².